The second kappa shape index (κ2) is 7.85. The molecule has 0 unspecified atom stereocenters. The second-order valence-corrected chi connectivity index (χ2v) is 5.95. The van der Waals surface area contributed by atoms with E-state index in [9.17, 15) is 4.79 Å². The first kappa shape index (κ1) is 17.0. The van der Waals surface area contributed by atoms with Gasteiger partial charge in [-0.1, -0.05) is 58.7 Å². The van der Waals surface area contributed by atoms with Crippen molar-refractivity contribution in [1.82, 2.24) is 10.5 Å². The molecule has 0 saturated carbocycles. The predicted octanol–water partition coefficient (Wildman–Crippen LogP) is 4.00. The van der Waals surface area contributed by atoms with Crippen molar-refractivity contribution < 1.29 is 14.1 Å². The Labute approximate surface area is 150 Å². The second-order valence-electron chi connectivity index (χ2n) is 5.54. The number of halogens is 1. The average molecular weight is 357 g/mol. The van der Waals surface area contributed by atoms with Gasteiger partial charge in [0.25, 0.3) is 5.91 Å². The monoisotopic (exact) mass is 356 g/mol. The Morgan fingerprint density at radius 1 is 1.20 bits per heavy atom. The molecule has 5 nitrogen and oxygen atoms in total. The van der Waals surface area contributed by atoms with E-state index in [-0.39, 0.29) is 19.1 Å². The van der Waals surface area contributed by atoms with Crippen LogP contribution in [0.2, 0.25) is 5.02 Å². The predicted molar refractivity (Wildman–Crippen MR) is 95.5 cm³/mol. The van der Waals surface area contributed by atoms with E-state index in [1.165, 1.54) is 5.56 Å². The highest BCUT2D eigenvalue weighted by Gasteiger charge is 2.09. The van der Waals surface area contributed by atoms with Crippen LogP contribution in [0, 0.1) is 6.92 Å². The summed E-state index contributed by atoms with van der Waals surface area (Å²) in [5.41, 5.74) is 2.88. The Morgan fingerprint density at radius 3 is 2.72 bits per heavy atom. The van der Waals surface area contributed by atoms with Crippen LogP contribution in [0.5, 0.6) is 5.75 Å². The molecule has 1 amide bonds. The number of hydrogen-bond donors (Lipinski definition) is 1. The van der Waals surface area contributed by atoms with Crippen molar-refractivity contribution in [1.29, 1.82) is 0 Å². The first-order valence-corrected chi connectivity index (χ1v) is 8.16. The minimum absolute atomic E-state index is 0.122. The largest absolute Gasteiger partial charge is 0.482 e. The molecule has 0 aliphatic carbocycles. The Bertz CT molecular complexity index is 859. The number of rotatable bonds is 6. The van der Waals surface area contributed by atoms with Crippen molar-refractivity contribution in [2.75, 3.05) is 6.61 Å². The first-order valence-electron chi connectivity index (χ1n) is 7.78. The highest BCUT2D eigenvalue weighted by atomic mass is 35.5. The lowest BCUT2D eigenvalue weighted by Crippen LogP contribution is -2.28. The van der Waals surface area contributed by atoms with Gasteiger partial charge in [-0.3, -0.25) is 4.79 Å². The molecule has 128 valence electrons. The summed E-state index contributed by atoms with van der Waals surface area (Å²) in [6, 6.07) is 16.8. The number of carbonyl (C=O) groups is 1. The van der Waals surface area contributed by atoms with Gasteiger partial charge < -0.3 is 14.6 Å². The van der Waals surface area contributed by atoms with E-state index in [2.05, 4.69) is 10.5 Å². The Balaban J connectivity index is 1.51. The van der Waals surface area contributed by atoms with E-state index in [0.29, 0.717) is 16.5 Å². The summed E-state index contributed by atoms with van der Waals surface area (Å²) in [6.07, 6.45) is 0. The summed E-state index contributed by atoms with van der Waals surface area (Å²) in [5, 5.41) is 7.21. The maximum atomic E-state index is 11.9. The highest BCUT2D eigenvalue weighted by molar-refractivity contribution is 6.32. The summed E-state index contributed by atoms with van der Waals surface area (Å²) in [5.74, 6) is 0.774. The fourth-order valence-corrected chi connectivity index (χ4v) is 2.39. The number of aryl methyl sites for hydroxylation is 1. The summed E-state index contributed by atoms with van der Waals surface area (Å²) >= 11 is 5.97. The fourth-order valence-electron chi connectivity index (χ4n) is 2.20. The van der Waals surface area contributed by atoms with Gasteiger partial charge in [-0.05, 0) is 19.1 Å². The summed E-state index contributed by atoms with van der Waals surface area (Å²) in [6.45, 7) is 2.14. The van der Waals surface area contributed by atoms with Crippen molar-refractivity contribution in [3.8, 4) is 17.0 Å². The van der Waals surface area contributed by atoms with Gasteiger partial charge in [-0.15, -0.1) is 0 Å². The van der Waals surface area contributed by atoms with Crippen molar-refractivity contribution >= 4 is 17.5 Å². The Kier molecular flexibility index (Phi) is 5.36. The van der Waals surface area contributed by atoms with E-state index in [4.69, 9.17) is 20.9 Å². The molecule has 0 spiro atoms. The summed E-state index contributed by atoms with van der Waals surface area (Å²) < 4.78 is 10.6. The molecular formula is C19H17ClN2O3. The Morgan fingerprint density at radius 2 is 1.96 bits per heavy atom. The third-order valence-corrected chi connectivity index (χ3v) is 3.87. The van der Waals surface area contributed by atoms with Crippen molar-refractivity contribution in [2.45, 2.75) is 13.5 Å². The van der Waals surface area contributed by atoms with E-state index in [0.717, 1.165) is 11.3 Å². The molecule has 1 N–H and O–H groups in total. The first-order chi connectivity index (χ1) is 12.1. The third kappa shape index (κ3) is 4.61. The number of carbonyl (C=O) groups excluding carboxylic acids is 1. The quantitative estimate of drug-likeness (QED) is 0.725. The molecule has 0 bridgehead atoms. The van der Waals surface area contributed by atoms with E-state index < -0.39 is 0 Å². The molecule has 25 heavy (non-hydrogen) atoms. The molecule has 2 aromatic carbocycles. The number of ether oxygens (including phenoxy) is 1. The molecule has 6 heteroatoms. The molecule has 0 aliphatic rings. The average Bonchev–Trinajstić information content (AvgIpc) is 3.09. The molecule has 0 aliphatic heterocycles. The highest BCUT2D eigenvalue weighted by Crippen LogP contribution is 2.23. The number of nitrogens with one attached hydrogen (secondary N) is 1. The molecular weight excluding hydrogens is 340 g/mol. The standard InChI is InChI=1S/C19H17ClN2O3/c1-13-6-8-14(9-7-13)17-10-15(25-22-17)11-21-19(23)12-24-18-5-3-2-4-16(18)20/h2-10H,11-12H2,1H3,(H,21,23). The normalized spacial score (nSPS) is 10.5. The summed E-state index contributed by atoms with van der Waals surface area (Å²) in [7, 11) is 0. The van der Waals surface area contributed by atoms with Crippen molar-refractivity contribution in [3.63, 3.8) is 0 Å². The number of benzene rings is 2. The third-order valence-electron chi connectivity index (χ3n) is 3.56. The van der Waals surface area contributed by atoms with Crippen molar-refractivity contribution in [2.24, 2.45) is 0 Å². The van der Waals surface area contributed by atoms with Crippen LogP contribution in [0.1, 0.15) is 11.3 Å². The molecule has 0 atom stereocenters. The zero-order chi connectivity index (χ0) is 17.6. The van der Waals surface area contributed by atoms with Crippen LogP contribution in [-0.2, 0) is 11.3 Å². The number of nitrogens with zero attached hydrogens (tertiary/aromatic N) is 1. The van der Waals surface area contributed by atoms with E-state index >= 15 is 0 Å². The number of hydrogen-bond acceptors (Lipinski definition) is 4. The zero-order valence-electron chi connectivity index (χ0n) is 13.7. The van der Waals surface area contributed by atoms with Gasteiger partial charge in [-0.25, -0.2) is 0 Å². The summed E-state index contributed by atoms with van der Waals surface area (Å²) in [4.78, 5) is 11.9. The van der Waals surface area contributed by atoms with Gasteiger partial charge in [0.15, 0.2) is 12.4 Å². The molecule has 3 aromatic rings. The minimum Gasteiger partial charge on any atom is -0.482 e. The molecule has 0 fully saturated rings. The lowest BCUT2D eigenvalue weighted by Gasteiger charge is -2.07. The van der Waals surface area contributed by atoms with Gasteiger partial charge in [0.1, 0.15) is 11.4 Å². The number of para-hydroxylation sites is 1. The topological polar surface area (TPSA) is 64.4 Å². The van der Waals surface area contributed by atoms with Gasteiger partial charge >= 0.3 is 0 Å². The zero-order valence-corrected chi connectivity index (χ0v) is 14.4. The van der Waals surface area contributed by atoms with E-state index in [1.54, 1.807) is 30.3 Å². The van der Waals surface area contributed by atoms with Gasteiger partial charge in [0.05, 0.1) is 11.6 Å². The van der Waals surface area contributed by atoms with E-state index in [1.807, 2.05) is 31.2 Å². The van der Waals surface area contributed by atoms with Gasteiger partial charge in [-0.2, -0.15) is 0 Å². The molecule has 3 rings (SSSR count). The maximum absolute atomic E-state index is 11.9. The molecule has 0 saturated heterocycles. The van der Waals surface area contributed by atoms with Crippen LogP contribution in [0.4, 0.5) is 0 Å². The molecule has 1 heterocycles. The Hall–Kier alpha value is -2.79. The lowest BCUT2D eigenvalue weighted by molar-refractivity contribution is -0.123. The van der Waals surface area contributed by atoms with Crippen LogP contribution in [-0.4, -0.2) is 17.7 Å². The van der Waals surface area contributed by atoms with Gasteiger partial charge in [0, 0.05) is 11.6 Å². The SMILES string of the molecule is Cc1ccc(-c2cc(CNC(=O)COc3ccccc3Cl)on2)cc1. The van der Waals surface area contributed by atoms with Gasteiger partial charge in [0.2, 0.25) is 0 Å². The minimum atomic E-state index is -0.270. The maximum Gasteiger partial charge on any atom is 0.258 e. The number of amides is 1. The van der Waals surface area contributed by atoms with Crippen LogP contribution in [0.3, 0.4) is 0 Å². The smallest absolute Gasteiger partial charge is 0.258 e. The molecule has 1 aromatic heterocycles. The van der Waals surface area contributed by atoms with Crippen LogP contribution in [0.15, 0.2) is 59.1 Å². The van der Waals surface area contributed by atoms with Crippen LogP contribution >= 0.6 is 11.6 Å². The van der Waals surface area contributed by atoms with Crippen LogP contribution in [0.25, 0.3) is 11.3 Å². The van der Waals surface area contributed by atoms with Crippen LogP contribution < -0.4 is 10.1 Å². The lowest BCUT2D eigenvalue weighted by atomic mass is 10.1. The number of aromatic nitrogens is 1. The van der Waals surface area contributed by atoms with Crippen molar-refractivity contribution in [3.05, 3.63) is 70.9 Å². The fraction of sp³-hybridized carbons (Fsp3) is 0.158. The molecule has 0 radical (unpaired) electrons.